The van der Waals surface area contributed by atoms with Crippen LogP contribution in [0.1, 0.15) is 20.1 Å². The average Bonchev–Trinajstić information content (AvgIpc) is 3.20. The van der Waals surface area contributed by atoms with Crippen molar-refractivity contribution in [3.8, 4) is 11.1 Å². The molecular weight excluding hydrogens is 409 g/mol. The van der Waals surface area contributed by atoms with Crippen molar-refractivity contribution in [1.82, 2.24) is 0 Å². The van der Waals surface area contributed by atoms with Gasteiger partial charge in [-0.25, -0.2) is 9.79 Å². The molecule has 0 unspecified atom stereocenters. The second-order valence-corrected chi connectivity index (χ2v) is 7.66. The van der Waals surface area contributed by atoms with Gasteiger partial charge < -0.3 is 0 Å². The number of rotatable bonds is 3. The predicted molar refractivity (Wildman–Crippen MR) is 112 cm³/mol. The lowest BCUT2D eigenvalue weighted by molar-refractivity contribution is -0.345. The normalized spacial score (nSPS) is 12.3. The monoisotopic (exact) mass is 425 g/mol. The summed E-state index contributed by atoms with van der Waals surface area (Å²) < 4.78 is 40.7. The molecule has 0 atom stereocenters. The highest BCUT2D eigenvalue weighted by Crippen LogP contribution is 2.42. The van der Waals surface area contributed by atoms with Crippen LogP contribution in [0.5, 0.6) is 0 Å². The largest absolute Gasteiger partial charge is 0.426 e. The second kappa shape index (κ2) is 7.76. The summed E-state index contributed by atoms with van der Waals surface area (Å²) in [7, 11) is 0. The molecule has 0 aliphatic rings. The smallest absolute Gasteiger partial charge is 0.286 e. The van der Waals surface area contributed by atoms with Crippen LogP contribution in [0.4, 0.5) is 13.2 Å². The van der Waals surface area contributed by atoms with E-state index >= 15 is 0 Å². The maximum atomic E-state index is 13.6. The highest BCUT2D eigenvalue weighted by Gasteiger charge is 2.37. The minimum absolute atomic E-state index is 0.0259. The van der Waals surface area contributed by atoms with E-state index < -0.39 is 17.0 Å². The van der Waals surface area contributed by atoms with E-state index in [9.17, 15) is 18.0 Å². The first-order valence-electron chi connectivity index (χ1n) is 9.03. The number of nitrogens with one attached hydrogen (secondary N) is 1. The third-order valence-corrected chi connectivity index (χ3v) is 5.80. The quantitative estimate of drug-likeness (QED) is 0.382. The number of nitrogens with two attached hydrogens (primary N) is 1. The van der Waals surface area contributed by atoms with Crippen molar-refractivity contribution in [1.29, 1.82) is 0 Å². The maximum absolute atomic E-state index is 13.6. The number of carbonyl (C=O) groups excluding carboxylic acids is 1. The summed E-state index contributed by atoms with van der Waals surface area (Å²) in [6.45, 7) is 0. The predicted octanol–water partition coefficient (Wildman–Crippen LogP) is 4.21. The second-order valence-electron chi connectivity index (χ2n) is 6.61. The van der Waals surface area contributed by atoms with Gasteiger partial charge in [0.05, 0.1) is 5.56 Å². The molecule has 0 bridgehead atoms. The molecule has 0 aliphatic carbocycles. The minimum atomic E-state index is -4.57. The number of nitrogen functional groups attached to an aromatic ring is 1. The molecule has 0 saturated heterocycles. The van der Waals surface area contributed by atoms with E-state index in [1.54, 1.807) is 42.5 Å². The molecule has 30 heavy (non-hydrogen) atoms. The summed E-state index contributed by atoms with van der Waals surface area (Å²) in [5.41, 5.74) is 7.09. The maximum Gasteiger partial charge on any atom is 0.426 e. The van der Waals surface area contributed by atoms with Gasteiger partial charge in [0.1, 0.15) is 9.75 Å². The number of halogens is 3. The number of thiophene rings is 1. The van der Waals surface area contributed by atoms with Crippen LogP contribution in [-0.4, -0.2) is 11.7 Å². The molecule has 0 aliphatic heterocycles. The number of hydrogen-bond acceptors (Lipinski definition) is 2. The van der Waals surface area contributed by atoms with E-state index in [1.807, 2.05) is 30.3 Å². The SMILES string of the molecule is NC(=[NH+]C(=O)c1cc(-c2ccccc2)c(C(F)(F)F)s1)c1cccc2ccccc12. The van der Waals surface area contributed by atoms with Crippen LogP contribution in [0, 0.1) is 0 Å². The molecule has 3 aromatic carbocycles. The van der Waals surface area contributed by atoms with Gasteiger partial charge in [-0.05, 0) is 28.5 Å². The van der Waals surface area contributed by atoms with E-state index in [2.05, 4.69) is 4.99 Å². The van der Waals surface area contributed by atoms with Gasteiger partial charge in [0, 0.05) is 5.56 Å². The summed E-state index contributed by atoms with van der Waals surface area (Å²) in [4.78, 5) is 14.4. The number of amides is 1. The number of carbonyl (C=O) groups is 1. The van der Waals surface area contributed by atoms with Gasteiger partial charge in [0.25, 0.3) is 5.84 Å². The van der Waals surface area contributed by atoms with Crippen molar-refractivity contribution in [3.63, 3.8) is 0 Å². The molecule has 3 nitrogen and oxygen atoms in total. The van der Waals surface area contributed by atoms with E-state index in [0.717, 1.165) is 10.8 Å². The summed E-state index contributed by atoms with van der Waals surface area (Å²) >= 11 is 0.404. The molecule has 4 aromatic rings. The molecule has 0 fully saturated rings. The number of alkyl halides is 3. The first kappa shape index (κ1) is 19.8. The lowest BCUT2D eigenvalue weighted by Gasteiger charge is -2.07. The summed E-state index contributed by atoms with van der Waals surface area (Å²) in [6, 6.07) is 22.4. The van der Waals surface area contributed by atoms with Crippen LogP contribution in [0.2, 0.25) is 0 Å². The standard InChI is InChI=1S/C23H15F3N2OS/c24-23(25,26)20-18(15-7-2-1-3-8-15)13-19(30-20)22(29)28-21(27)17-12-6-10-14-9-4-5-11-16(14)17/h1-13H,(H2,27,28,29)/p+1. The topological polar surface area (TPSA) is 57.1 Å². The Bertz CT molecular complexity index is 1260. The van der Waals surface area contributed by atoms with Crippen molar-refractivity contribution in [2.24, 2.45) is 5.73 Å². The molecular formula is C23H16F3N2OS+. The molecule has 1 aromatic heterocycles. The van der Waals surface area contributed by atoms with Gasteiger partial charge in [0.2, 0.25) is 0 Å². The van der Waals surface area contributed by atoms with Crippen LogP contribution in [-0.2, 0) is 6.18 Å². The van der Waals surface area contributed by atoms with E-state index in [0.29, 0.717) is 22.5 Å². The Balaban J connectivity index is 1.76. The third-order valence-electron chi connectivity index (χ3n) is 4.63. The Morgan fingerprint density at radius 2 is 1.57 bits per heavy atom. The van der Waals surface area contributed by atoms with Crippen molar-refractivity contribution < 1.29 is 23.0 Å². The van der Waals surface area contributed by atoms with Crippen molar-refractivity contribution >= 4 is 33.9 Å². The van der Waals surface area contributed by atoms with Crippen LogP contribution in [0.15, 0.2) is 78.9 Å². The number of amidine groups is 1. The minimum Gasteiger partial charge on any atom is -0.286 e. The number of benzene rings is 3. The first-order valence-corrected chi connectivity index (χ1v) is 9.84. The van der Waals surface area contributed by atoms with Gasteiger partial charge >= 0.3 is 12.1 Å². The summed E-state index contributed by atoms with van der Waals surface area (Å²) in [6.07, 6.45) is -4.57. The van der Waals surface area contributed by atoms with Gasteiger partial charge in [-0.15, -0.1) is 11.3 Å². The highest BCUT2D eigenvalue weighted by molar-refractivity contribution is 7.14. The van der Waals surface area contributed by atoms with E-state index in [4.69, 9.17) is 5.73 Å². The highest BCUT2D eigenvalue weighted by atomic mass is 32.1. The molecule has 4 rings (SSSR count). The molecule has 1 amide bonds. The van der Waals surface area contributed by atoms with Gasteiger partial charge in [-0.2, -0.15) is 13.2 Å². The summed E-state index contributed by atoms with van der Waals surface area (Å²) in [5, 5.41) is 1.78. The van der Waals surface area contributed by atoms with Crippen LogP contribution >= 0.6 is 11.3 Å². The zero-order valence-electron chi connectivity index (χ0n) is 15.5. The zero-order valence-corrected chi connectivity index (χ0v) is 16.3. The van der Waals surface area contributed by atoms with Crippen molar-refractivity contribution in [3.05, 3.63) is 94.2 Å². The average molecular weight is 425 g/mol. The van der Waals surface area contributed by atoms with Crippen LogP contribution in [0.3, 0.4) is 0 Å². The first-order chi connectivity index (χ1) is 14.3. The Labute approximate surface area is 174 Å². The van der Waals surface area contributed by atoms with Gasteiger partial charge in [-0.3, -0.25) is 5.73 Å². The number of hydrogen-bond donors (Lipinski definition) is 2. The molecule has 0 radical (unpaired) electrons. The zero-order chi connectivity index (χ0) is 21.3. The Kier molecular flexibility index (Phi) is 5.13. The fraction of sp³-hybridized carbons (Fsp3) is 0.0435. The fourth-order valence-corrected chi connectivity index (χ4v) is 4.20. The molecule has 1 heterocycles. The Morgan fingerprint density at radius 1 is 0.900 bits per heavy atom. The van der Waals surface area contributed by atoms with E-state index in [-0.39, 0.29) is 16.3 Å². The third kappa shape index (κ3) is 3.84. The lowest BCUT2D eigenvalue weighted by atomic mass is 10.0. The Morgan fingerprint density at radius 3 is 2.30 bits per heavy atom. The molecule has 7 heteroatoms. The van der Waals surface area contributed by atoms with E-state index in [1.165, 1.54) is 6.07 Å². The summed E-state index contributed by atoms with van der Waals surface area (Å²) in [5.74, 6) is -0.599. The molecule has 3 N–H and O–H groups in total. The molecule has 150 valence electrons. The van der Waals surface area contributed by atoms with Crippen molar-refractivity contribution in [2.75, 3.05) is 0 Å². The molecule has 0 saturated carbocycles. The lowest BCUT2D eigenvalue weighted by Crippen LogP contribution is -2.79. The van der Waals surface area contributed by atoms with Crippen LogP contribution in [0.25, 0.3) is 21.9 Å². The fourth-order valence-electron chi connectivity index (χ4n) is 3.26. The van der Waals surface area contributed by atoms with Gasteiger partial charge in [0.15, 0.2) is 0 Å². The van der Waals surface area contributed by atoms with Gasteiger partial charge in [-0.1, -0.05) is 66.7 Å². The van der Waals surface area contributed by atoms with Crippen LogP contribution < -0.4 is 10.7 Å². The molecule has 0 spiro atoms. The van der Waals surface area contributed by atoms with Crippen molar-refractivity contribution in [2.45, 2.75) is 6.18 Å². The Hall–Kier alpha value is -3.45. The number of fused-ring (bicyclic) bond motifs is 1.